The monoisotopic (exact) mass is 398 g/mol. The number of rotatable bonds is 2. The van der Waals surface area contributed by atoms with Crippen molar-refractivity contribution in [3.8, 4) is 0 Å². The first-order valence-corrected chi connectivity index (χ1v) is 9.70. The van der Waals surface area contributed by atoms with E-state index in [2.05, 4.69) is 0 Å². The van der Waals surface area contributed by atoms with Gasteiger partial charge in [0.2, 0.25) is 0 Å². The molecule has 1 aliphatic heterocycles. The second kappa shape index (κ2) is 11.3. The summed E-state index contributed by atoms with van der Waals surface area (Å²) in [6.07, 6.45) is 0. The summed E-state index contributed by atoms with van der Waals surface area (Å²) in [7, 11) is 0. The molecule has 2 aromatic carbocycles. The number of carbonyl (C=O) groups is 2. The van der Waals surface area contributed by atoms with E-state index in [1.807, 2.05) is 60.7 Å². The Labute approximate surface area is 170 Å². The number of hydrogen-bond donors (Lipinski definition) is 0. The standard InChI is InChI=1S/C22H26N2O5/c25-21-17-29-18-22(26)24(20-9-5-2-6-10-20)12-14-28-16-15-27-13-11-23(21)19-7-3-1-4-8-19/h1-10H,11-18H2. The average molecular weight is 398 g/mol. The van der Waals surface area contributed by atoms with Crippen molar-refractivity contribution in [1.29, 1.82) is 0 Å². The Bertz CT molecular complexity index is 704. The summed E-state index contributed by atoms with van der Waals surface area (Å²) in [5.41, 5.74) is 1.53. The molecule has 1 heterocycles. The van der Waals surface area contributed by atoms with Crippen LogP contribution in [0, 0.1) is 0 Å². The molecule has 0 aromatic heterocycles. The maximum absolute atomic E-state index is 12.7. The van der Waals surface area contributed by atoms with Crippen LogP contribution in [0.2, 0.25) is 0 Å². The molecule has 7 nitrogen and oxygen atoms in total. The van der Waals surface area contributed by atoms with Crippen LogP contribution >= 0.6 is 0 Å². The van der Waals surface area contributed by atoms with Crippen molar-refractivity contribution in [2.24, 2.45) is 0 Å². The first kappa shape index (κ1) is 21.0. The number of hydrogen-bond acceptors (Lipinski definition) is 5. The fourth-order valence-corrected chi connectivity index (χ4v) is 3.03. The third kappa shape index (κ3) is 6.39. The molecule has 0 radical (unpaired) electrons. The van der Waals surface area contributed by atoms with E-state index in [0.29, 0.717) is 39.5 Å². The van der Waals surface area contributed by atoms with Crippen LogP contribution in [-0.2, 0) is 23.8 Å². The lowest BCUT2D eigenvalue weighted by atomic mass is 10.3. The zero-order valence-corrected chi connectivity index (χ0v) is 16.4. The molecule has 1 aliphatic rings. The van der Waals surface area contributed by atoms with Crippen molar-refractivity contribution in [2.75, 3.05) is 62.5 Å². The minimum Gasteiger partial charge on any atom is -0.377 e. The van der Waals surface area contributed by atoms with E-state index in [1.165, 1.54) is 0 Å². The number of nitrogens with zero attached hydrogens (tertiary/aromatic N) is 2. The summed E-state index contributed by atoms with van der Waals surface area (Å²) in [5, 5.41) is 0. The van der Waals surface area contributed by atoms with Gasteiger partial charge >= 0.3 is 0 Å². The Hall–Kier alpha value is -2.74. The van der Waals surface area contributed by atoms with E-state index in [9.17, 15) is 9.59 Å². The van der Waals surface area contributed by atoms with Crippen LogP contribution in [0.3, 0.4) is 0 Å². The summed E-state index contributed by atoms with van der Waals surface area (Å²) < 4.78 is 16.7. The smallest absolute Gasteiger partial charge is 0.253 e. The van der Waals surface area contributed by atoms with E-state index >= 15 is 0 Å². The molecule has 1 saturated heterocycles. The zero-order valence-electron chi connectivity index (χ0n) is 16.4. The van der Waals surface area contributed by atoms with E-state index in [1.54, 1.807) is 9.80 Å². The fourth-order valence-electron chi connectivity index (χ4n) is 3.03. The fraction of sp³-hybridized carbons (Fsp3) is 0.364. The Kier molecular flexibility index (Phi) is 8.18. The van der Waals surface area contributed by atoms with Gasteiger partial charge in [-0.2, -0.15) is 0 Å². The lowest BCUT2D eigenvalue weighted by Crippen LogP contribution is -2.39. The number of amides is 2. The highest BCUT2D eigenvalue weighted by Crippen LogP contribution is 2.15. The van der Waals surface area contributed by atoms with E-state index in [4.69, 9.17) is 14.2 Å². The SMILES string of the molecule is O=C1COCC(=O)N(c2ccccc2)CCOCCOCCN1c1ccccc1. The highest BCUT2D eigenvalue weighted by atomic mass is 16.5. The number of anilines is 2. The van der Waals surface area contributed by atoms with Crippen molar-refractivity contribution >= 4 is 23.2 Å². The molecule has 0 atom stereocenters. The van der Waals surface area contributed by atoms with Gasteiger partial charge < -0.3 is 24.0 Å². The normalized spacial score (nSPS) is 18.2. The minimum atomic E-state index is -0.218. The van der Waals surface area contributed by atoms with Crippen molar-refractivity contribution in [3.63, 3.8) is 0 Å². The highest BCUT2D eigenvalue weighted by molar-refractivity contribution is 5.96. The molecule has 0 unspecified atom stereocenters. The number of ether oxygens (including phenoxy) is 3. The van der Waals surface area contributed by atoms with Crippen LogP contribution in [0.25, 0.3) is 0 Å². The second-order valence-electron chi connectivity index (χ2n) is 6.48. The van der Waals surface area contributed by atoms with Gasteiger partial charge in [-0.1, -0.05) is 36.4 Å². The van der Waals surface area contributed by atoms with Crippen molar-refractivity contribution < 1.29 is 23.8 Å². The number of para-hydroxylation sites is 2. The predicted octanol–water partition coefficient (Wildman–Crippen LogP) is 2.12. The van der Waals surface area contributed by atoms with Crippen LogP contribution in [0.5, 0.6) is 0 Å². The second-order valence-corrected chi connectivity index (χ2v) is 6.48. The summed E-state index contributed by atoms with van der Waals surface area (Å²) in [5.74, 6) is -0.435. The zero-order chi connectivity index (χ0) is 20.3. The van der Waals surface area contributed by atoms with Gasteiger partial charge in [-0.05, 0) is 24.3 Å². The van der Waals surface area contributed by atoms with Crippen LogP contribution in [0.1, 0.15) is 0 Å². The number of benzene rings is 2. The van der Waals surface area contributed by atoms with E-state index < -0.39 is 0 Å². The van der Waals surface area contributed by atoms with Crippen molar-refractivity contribution in [1.82, 2.24) is 0 Å². The molecule has 0 saturated carbocycles. The summed E-state index contributed by atoms with van der Waals surface area (Å²) >= 11 is 0. The van der Waals surface area contributed by atoms with Gasteiger partial charge in [0.25, 0.3) is 11.8 Å². The topological polar surface area (TPSA) is 68.3 Å². The average Bonchev–Trinajstić information content (AvgIpc) is 2.76. The molecule has 0 spiro atoms. The van der Waals surface area contributed by atoms with Crippen LogP contribution < -0.4 is 9.80 Å². The molecule has 154 valence electrons. The molecule has 2 aromatic rings. The van der Waals surface area contributed by atoms with Gasteiger partial charge in [0.15, 0.2) is 0 Å². The maximum atomic E-state index is 12.7. The Morgan fingerprint density at radius 1 is 0.552 bits per heavy atom. The Balaban J connectivity index is 1.69. The summed E-state index contributed by atoms with van der Waals surface area (Å²) in [4.78, 5) is 28.6. The molecule has 2 amide bonds. The van der Waals surface area contributed by atoms with Crippen LogP contribution in [0.15, 0.2) is 60.7 Å². The van der Waals surface area contributed by atoms with Gasteiger partial charge in [-0.25, -0.2) is 0 Å². The quantitative estimate of drug-likeness (QED) is 0.775. The molecule has 1 fully saturated rings. The highest BCUT2D eigenvalue weighted by Gasteiger charge is 2.19. The van der Waals surface area contributed by atoms with E-state index in [-0.39, 0.29) is 25.0 Å². The van der Waals surface area contributed by atoms with Gasteiger partial charge in [0, 0.05) is 24.5 Å². The first-order chi connectivity index (χ1) is 14.3. The minimum absolute atomic E-state index is 0.181. The molecule has 3 rings (SSSR count). The summed E-state index contributed by atoms with van der Waals surface area (Å²) in [6, 6.07) is 18.7. The molecule has 0 aliphatic carbocycles. The lowest BCUT2D eigenvalue weighted by Gasteiger charge is -2.24. The molecule has 0 N–H and O–H groups in total. The van der Waals surface area contributed by atoms with Crippen molar-refractivity contribution in [2.45, 2.75) is 0 Å². The molecule has 0 bridgehead atoms. The van der Waals surface area contributed by atoms with Crippen molar-refractivity contribution in [3.05, 3.63) is 60.7 Å². The van der Waals surface area contributed by atoms with Crippen LogP contribution in [0.4, 0.5) is 11.4 Å². The Morgan fingerprint density at radius 2 is 0.966 bits per heavy atom. The molecular formula is C22H26N2O5. The largest absolute Gasteiger partial charge is 0.377 e. The third-order valence-electron chi connectivity index (χ3n) is 4.48. The molecule has 29 heavy (non-hydrogen) atoms. The van der Waals surface area contributed by atoms with Crippen LogP contribution in [-0.4, -0.2) is 64.5 Å². The van der Waals surface area contributed by atoms with Gasteiger partial charge in [-0.3, -0.25) is 9.59 Å². The third-order valence-corrected chi connectivity index (χ3v) is 4.48. The first-order valence-electron chi connectivity index (χ1n) is 9.70. The molecular weight excluding hydrogens is 372 g/mol. The van der Waals surface area contributed by atoms with E-state index in [0.717, 1.165) is 11.4 Å². The van der Waals surface area contributed by atoms with Gasteiger partial charge in [-0.15, -0.1) is 0 Å². The lowest BCUT2D eigenvalue weighted by molar-refractivity contribution is -0.128. The Morgan fingerprint density at radius 3 is 1.38 bits per heavy atom. The number of carbonyl (C=O) groups excluding carboxylic acids is 2. The maximum Gasteiger partial charge on any atom is 0.253 e. The predicted molar refractivity (Wildman–Crippen MR) is 110 cm³/mol. The van der Waals surface area contributed by atoms with Gasteiger partial charge in [0.05, 0.1) is 26.4 Å². The van der Waals surface area contributed by atoms with Gasteiger partial charge in [0.1, 0.15) is 13.2 Å². The summed E-state index contributed by atoms with van der Waals surface area (Å²) in [6.45, 7) is 2.06. The molecule has 7 heteroatoms.